The van der Waals surface area contributed by atoms with Gasteiger partial charge in [-0.05, 0) is 118 Å². The molecule has 0 saturated carbocycles. The largest absolute Gasteiger partial charge is 0.327 e. The van der Waals surface area contributed by atoms with Gasteiger partial charge in [0.05, 0.1) is 22.3 Å². The average Bonchev–Trinajstić information content (AvgIpc) is 3.60. The lowest BCUT2D eigenvalue weighted by molar-refractivity contribution is 0.452. The van der Waals surface area contributed by atoms with Crippen LogP contribution in [0.3, 0.4) is 0 Å². The highest BCUT2D eigenvalue weighted by Crippen LogP contribution is 2.72. The first-order chi connectivity index (χ1) is 28.9. The van der Waals surface area contributed by atoms with E-state index in [0.717, 1.165) is 0 Å². The molecule has 12 rings (SSSR count). The van der Waals surface area contributed by atoms with Gasteiger partial charge in [-0.25, -0.2) is 0 Å². The summed E-state index contributed by atoms with van der Waals surface area (Å²) in [5.74, 6) is 0.432. The summed E-state index contributed by atoms with van der Waals surface area (Å²) in [6.07, 6.45) is 5.05. The molecule has 59 heavy (non-hydrogen) atoms. The van der Waals surface area contributed by atoms with Crippen LogP contribution in [0.2, 0.25) is 0 Å². The molecular formula is C57H46N2. The van der Waals surface area contributed by atoms with Crippen LogP contribution in [0.4, 0.5) is 28.4 Å². The molecular weight excluding hydrogens is 713 g/mol. The molecule has 3 aliphatic carbocycles. The Hall–Kier alpha value is -6.64. The molecule has 0 N–H and O–H groups in total. The van der Waals surface area contributed by atoms with Crippen molar-refractivity contribution in [1.29, 1.82) is 0 Å². The van der Waals surface area contributed by atoms with Crippen LogP contribution in [-0.4, -0.2) is 5.54 Å². The van der Waals surface area contributed by atoms with Crippen LogP contribution in [-0.2, 0) is 10.8 Å². The number of nitrogens with zero attached hydrogens (tertiary/aromatic N) is 2. The Balaban J connectivity index is 1.22. The molecule has 0 radical (unpaired) electrons. The maximum atomic E-state index is 2.73. The van der Waals surface area contributed by atoms with E-state index in [0.29, 0.717) is 0 Å². The zero-order valence-electron chi connectivity index (χ0n) is 34.0. The molecule has 2 heteroatoms. The van der Waals surface area contributed by atoms with Gasteiger partial charge in [0.1, 0.15) is 0 Å². The van der Waals surface area contributed by atoms with Crippen molar-refractivity contribution in [3.8, 4) is 11.1 Å². The summed E-state index contributed by atoms with van der Waals surface area (Å²) in [7, 11) is 0. The SMILES string of the molecule is CC1C=CC2(C)C3=C1C(C)C1=C(c4ccccc4C14c1ccccc1N(c1ccccc1)c1ccccc14)C3(C)N(c1ccc(-c3ccccc3)cc1)c1ccccc12. The van der Waals surface area contributed by atoms with E-state index in [9.17, 15) is 0 Å². The normalized spacial score (nSPS) is 23.9. The number of hydrogen-bond donors (Lipinski definition) is 0. The van der Waals surface area contributed by atoms with E-state index in [1.165, 1.54) is 84.1 Å². The number of benzene rings is 7. The van der Waals surface area contributed by atoms with Crippen molar-refractivity contribution in [3.05, 3.63) is 239 Å². The van der Waals surface area contributed by atoms with Gasteiger partial charge in [0.15, 0.2) is 0 Å². The predicted molar refractivity (Wildman–Crippen MR) is 245 cm³/mol. The van der Waals surface area contributed by atoms with Crippen LogP contribution < -0.4 is 9.80 Å². The highest BCUT2D eigenvalue weighted by atomic mass is 15.2. The van der Waals surface area contributed by atoms with Gasteiger partial charge in [0.2, 0.25) is 0 Å². The van der Waals surface area contributed by atoms with Gasteiger partial charge in [0, 0.05) is 28.4 Å². The van der Waals surface area contributed by atoms with Gasteiger partial charge < -0.3 is 9.80 Å². The van der Waals surface area contributed by atoms with E-state index in [4.69, 9.17) is 0 Å². The topological polar surface area (TPSA) is 6.48 Å². The minimum atomic E-state index is -0.534. The Labute approximate surface area is 348 Å². The molecule has 2 aliphatic heterocycles. The summed E-state index contributed by atoms with van der Waals surface area (Å²) in [4.78, 5) is 5.23. The zero-order valence-corrected chi connectivity index (χ0v) is 34.0. The molecule has 0 amide bonds. The average molecular weight is 759 g/mol. The van der Waals surface area contributed by atoms with Crippen LogP contribution in [0.15, 0.2) is 211 Å². The fraction of sp³-hybridized carbons (Fsp3) is 0.158. The highest BCUT2D eigenvalue weighted by Gasteiger charge is 2.65. The molecule has 0 aromatic heterocycles. The second-order valence-electron chi connectivity index (χ2n) is 17.5. The van der Waals surface area contributed by atoms with E-state index in [1.807, 2.05) is 0 Å². The van der Waals surface area contributed by atoms with Crippen molar-refractivity contribution in [2.75, 3.05) is 9.80 Å². The molecule has 5 aliphatic rings. The van der Waals surface area contributed by atoms with E-state index >= 15 is 0 Å². The molecule has 4 unspecified atom stereocenters. The number of anilines is 5. The quantitative estimate of drug-likeness (QED) is 0.166. The van der Waals surface area contributed by atoms with Gasteiger partial charge in [-0.2, -0.15) is 0 Å². The Morgan fingerprint density at radius 1 is 0.475 bits per heavy atom. The highest BCUT2D eigenvalue weighted by molar-refractivity contribution is 6.03. The maximum Gasteiger partial charge on any atom is 0.0908 e. The van der Waals surface area contributed by atoms with Gasteiger partial charge in [-0.3, -0.25) is 0 Å². The van der Waals surface area contributed by atoms with Crippen LogP contribution in [0.1, 0.15) is 55.5 Å². The van der Waals surface area contributed by atoms with E-state index < -0.39 is 11.0 Å². The van der Waals surface area contributed by atoms with Crippen LogP contribution in [0.5, 0.6) is 0 Å². The van der Waals surface area contributed by atoms with Crippen molar-refractivity contribution in [1.82, 2.24) is 0 Å². The van der Waals surface area contributed by atoms with Crippen molar-refractivity contribution < 1.29 is 0 Å². The monoisotopic (exact) mass is 758 g/mol. The van der Waals surface area contributed by atoms with E-state index in [2.05, 4.69) is 232 Å². The lowest BCUT2D eigenvalue weighted by Gasteiger charge is -2.61. The summed E-state index contributed by atoms with van der Waals surface area (Å²) in [6.45, 7) is 10.0. The van der Waals surface area contributed by atoms with Gasteiger partial charge in [-0.15, -0.1) is 0 Å². The van der Waals surface area contributed by atoms with Crippen molar-refractivity contribution >= 4 is 34.0 Å². The minimum Gasteiger partial charge on any atom is -0.327 e. The Morgan fingerprint density at radius 2 is 1.00 bits per heavy atom. The number of allylic oxidation sites excluding steroid dienone is 4. The third kappa shape index (κ3) is 4.26. The molecule has 0 saturated heterocycles. The van der Waals surface area contributed by atoms with E-state index in [-0.39, 0.29) is 17.3 Å². The smallest absolute Gasteiger partial charge is 0.0908 e. The Kier molecular flexibility index (Phi) is 7.11. The summed E-state index contributed by atoms with van der Waals surface area (Å²) in [5, 5.41) is 0. The third-order valence-corrected chi connectivity index (χ3v) is 14.7. The Bertz CT molecular complexity index is 2900. The molecule has 1 spiro atoms. The number of fused-ring (bicyclic) bond motifs is 11. The lowest BCUT2D eigenvalue weighted by atomic mass is 9.50. The summed E-state index contributed by atoms with van der Waals surface area (Å²) >= 11 is 0. The third-order valence-electron chi connectivity index (χ3n) is 14.7. The minimum absolute atomic E-state index is 0.164. The number of hydrogen-bond acceptors (Lipinski definition) is 2. The summed E-state index contributed by atoms with van der Waals surface area (Å²) in [5.41, 5.74) is 20.1. The van der Waals surface area contributed by atoms with Crippen molar-refractivity contribution in [2.24, 2.45) is 11.8 Å². The molecule has 0 bridgehead atoms. The number of rotatable bonds is 3. The molecule has 7 aromatic rings. The fourth-order valence-electron chi connectivity index (χ4n) is 12.6. The first-order valence-corrected chi connectivity index (χ1v) is 21.3. The molecule has 0 fully saturated rings. The van der Waals surface area contributed by atoms with Gasteiger partial charge >= 0.3 is 0 Å². The fourth-order valence-corrected chi connectivity index (χ4v) is 12.6. The van der Waals surface area contributed by atoms with Crippen LogP contribution in [0.25, 0.3) is 16.7 Å². The molecule has 284 valence electrons. The van der Waals surface area contributed by atoms with Crippen molar-refractivity contribution in [3.63, 3.8) is 0 Å². The standard InChI is InChI=1S/C57H46N2/c1-37-35-36-55(3)45-25-13-18-30-50(45)59(42-33-31-40(32-34-42)39-19-7-5-8-20-39)56(4)53-43-23-11-12-24-44(43)57(52(53)38(2)51(37)54(55)56)46-26-14-16-28-48(46)58(41-21-9-6-10-22-41)49-29-17-15-27-47(49)57/h5-38H,1-4H3. The second kappa shape index (κ2) is 12.2. The summed E-state index contributed by atoms with van der Waals surface area (Å²) in [6, 6.07) is 68.2. The maximum absolute atomic E-state index is 2.73. The summed E-state index contributed by atoms with van der Waals surface area (Å²) < 4.78 is 0. The first-order valence-electron chi connectivity index (χ1n) is 21.3. The first kappa shape index (κ1) is 34.4. The van der Waals surface area contributed by atoms with Crippen molar-refractivity contribution in [2.45, 2.75) is 44.1 Å². The number of para-hydroxylation sites is 4. The van der Waals surface area contributed by atoms with Crippen LogP contribution >= 0.6 is 0 Å². The molecule has 7 aromatic carbocycles. The van der Waals surface area contributed by atoms with Crippen LogP contribution in [0, 0.1) is 11.8 Å². The molecule has 2 heterocycles. The molecule has 2 nitrogen and oxygen atoms in total. The zero-order chi connectivity index (χ0) is 39.7. The second-order valence-corrected chi connectivity index (χ2v) is 17.5. The predicted octanol–water partition coefficient (Wildman–Crippen LogP) is 14.3. The van der Waals surface area contributed by atoms with E-state index in [1.54, 1.807) is 5.57 Å². The van der Waals surface area contributed by atoms with Gasteiger partial charge in [-0.1, -0.05) is 171 Å². The molecule has 4 atom stereocenters. The van der Waals surface area contributed by atoms with Gasteiger partial charge in [0.25, 0.3) is 0 Å². The lowest BCUT2D eigenvalue weighted by Crippen LogP contribution is -2.59. The Morgan fingerprint density at radius 3 is 1.66 bits per heavy atom.